The van der Waals surface area contributed by atoms with E-state index in [0.717, 1.165) is 66.2 Å². The van der Waals surface area contributed by atoms with E-state index in [9.17, 15) is 14.1 Å². The number of unbranched alkanes of at least 4 members (excludes halogenated alkanes) is 2. The summed E-state index contributed by atoms with van der Waals surface area (Å²) in [5, 5.41) is 10.0. The van der Waals surface area contributed by atoms with E-state index in [1.165, 1.54) is 18.9 Å². The lowest BCUT2D eigenvalue weighted by molar-refractivity contribution is -0.151. The molecule has 6 nitrogen and oxygen atoms in total. The predicted molar refractivity (Wildman–Crippen MR) is 148 cm³/mol. The van der Waals surface area contributed by atoms with Crippen LogP contribution >= 0.6 is 11.8 Å². The van der Waals surface area contributed by atoms with Crippen molar-refractivity contribution in [2.75, 3.05) is 37.2 Å². The van der Waals surface area contributed by atoms with E-state index in [1.807, 2.05) is 36.6 Å². The van der Waals surface area contributed by atoms with E-state index in [0.29, 0.717) is 11.5 Å². The summed E-state index contributed by atoms with van der Waals surface area (Å²) >= 11 is 1.52. The van der Waals surface area contributed by atoms with Crippen LogP contribution in [-0.2, 0) is 20.3 Å². The number of aliphatic hydroxyl groups is 1. The molecule has 198 valence electrons. The fourth-order valence-corrected chi connectivity index (χ4v) is 7.04. The van der Waals surface area contributed by atoms with Gasteiger partial charge in [-0.2, -0.15) is 0 Å². The number of hydrogen-bond acceptors (Lipinski definition) is 7. The van der Waals surface area contributed by atoms with Gasteiger partial charge in [0.05, 0.1) is 33.4 Å². The summed E-state index contributed by atoms with van der Waals surface area (Å²) in [5.41, 5.74) is 1.95. The predicted octanol–water partition coefficient (Wildman–Crippen LogP) is 5.95. The zero-order valence-corrected chi connectivity index (χ0v) is 23.5. The van der Waals surface area contributed by atoms with Crippen molar-refractivity contribution < 1.29 is 23.6 Å². The molecule has 0 amide bonds. The Kier molecular flexibility index (Phi) is 10.7. The van der Waals surface area contributed by atoms with Crippen LogP contribution in [0.5, 0.6) is 5.75 Å². The van der Waals surface area contributed by atoms with Gasteiger partial charge in [0.2, 0.25) is 0 Å². The zero-order valence-electron chi connectivity index (χ0n) is 21.8. The van der Waals surface area contributed by atoms with Crippen molar-refractivity contribution in [2.45, 2.75) is 68.3 Å². The molecule has 2 aromatic carbocycles. The number of fused-ring (bicyclic) bond motifs is 1. The molecule has 0 aliphatic carbocycles. The number of anilines is 2. The van der Waals surface area contributed by atoms with Crippen molar-refractivity contribution in [3.63, 3.8) is 0 Å². The molecule has 2 unspecified atom stereocenters. The highest BCUT2D eigenvalue weighted by molar-refractivity contribution is 7.98. The van der Waals surface area contributed by atoms with Crippen molar-refractivity contribution in [3.05, 3.63) is 42.5 Å². The first kappa shape index (κ1) is 28.5. The molecule has 0 saturated heterocycles. The molecule has 1 aliphatic rings. The molecule has 0 radical (unpaired) electrons. The summed E-state index contributed by atoms with van der Waals surface area (Å²) in [7, 11) is -0.00548. The molecule has 1 N–H and O–H groups in total. The number of carbonyl (C=O) groups excluding carboxylic acids is 1. The van der Waals surface area contributed by atoms with E-state index >= 15 is 0 Å². The highest BCUT2D eigenvalue weighted by Crippen LogP contribution is 2.46. The number of aliphatic hydroxyl groups excluding tert-OH is 1. The normalized spacial score (nSPS) is 17.7. The molecule has 8 heteroatoms. The molecule has 1 aliphatic heterocycles. The van der Waals surface area contributed by atoms with E-state index in [4.69, 9.17) is 4.74 Å². The van der Waals surface area contributed by atoms with E-state index in [2.05, 4.69) is 35.6 Å². The van der Waals surface area contributed by atoms with Gasteiger partial charge in [-0.1, -0.05) is 57.7 Å². The van der Waals surface area contributed by atoms with Crippen LogP contribution in [0.4, 0.5) is 11.4 Å². The van der Waals surface area contributed by atoms with Crippen LogP contribution in [0.2, 0.25) is 0 Å². The van der Waals surface area contributed by atoms with Gasteiger partial charge in [-0.3, -0.25) is 4.21 Å². The molecule has 2 aromatic rings. The van der Waals surface area contributed by atoms with Crippen molar-refractivity contribution >= 4 is 39.9 Å². The Labute approximate surface area is 222 Å². The number of benzene rings is 2. The number of para-hydroxylation sites is 1. The average molecular weight is 534 g/mol. The van der Waals surface area contributed by atoms with Gasteiger partial charge in [0.1, 0.15) is 12.4 Å². The number of nitrogens with zero attached hydrogens (tertiary/aromatic N) is 1. The minimum Gasteiger partial charge on any atom is -0.489 e. The van der Waals surface area contributed by atoms with Gasteiger partial charge in [-0.25, -0.2) is 4.79 Å². The average Bonchev–Trinajstić information content (AvgIpc) is 3.03. The zero-order chi connectivity index (χ0) is 26.1. The lowest BCUT2D eigenvalue weighted by Gasteiger charge is -2.37. The van der Waals surface area contributed by atoms with Crippen LogP contribution < -0.4 is 9.64 Å². The molecule has 36 heavy (non-hydrogen) atoms. The summed E-state index contributed by atoms with van der Waals surface area (Å²) in [4.78, 5) is 15.6. The molecule has 2 atom stereocenters. The molecule has 0 spiro atoms. The Balaban J connectivity index is 2.09. The second-order valence-electron chi connectivity index (χ2n) is 9.44. The molecule has 0 saturated carbocycles. The number of ether oxygens (including phenoxy) is 2. The van der Waals surface area contributed by atoms with Gasteiger partial charge in [-0.05, 0) is 43.4 Å². The maximum Gasteiger partial charge on any atom is 0.338 e. The molecule has 1 heterocycles. The number of esters is 1. The maximum absolute atomic E-state index is 14.0. The summed E-state index contributed by atoms with van der Waals surface area (Å²) in [6.45, 7) is 5.00. The Morgan fingerprint density at radius 1 is 1.17 bits per heavy atom. The number of carbonyl (C=O) groups is 1. The van der Waals surface area contributed by atoms with E-state index in [-0.39, 0.29) is 12.0 Å². The summed E-state index contributed by atoms with van der Waals surface area (Å²) in [5.74, 6) is 0.373. The third-order valence-electron chi connectivity index (χ3n) is 6.77. The Hall–Kier alpha value is -2.03. The van der Waals surface area contributed by atoms with Gasteiger partial charge >= 0.3 is 5.97 Å². The minimum absolute atomic E-state index is 0.0621. The van der Waals surface area contributed by atoms with Crippen LogP contribution in [0, 0.1) is 5.41 Å². The Bertz CT molecular complexity index is 1020. The lowest BCUT2D eigenvalue weighted by Crippen LogP contribution is -2.37. The lowest BCUT2D eigenvalue weighted by atomic mass is 9.79. The van der Waals surface area contributed by atoms with Gasteiger partial charge in [0, 0.05) is 23.4 Å². The van der Waals surface area contributed by atoms with Crippen LogP contribution in [0.25, 0.3) is 0 Å². The topological polar surface area (TPSA) is 76.1 Å². The third kappa shape index (κ3) is 6.84. The fraction of sp³-hybridized carbons (Fsp3) is 0.536. The highest BCUT2D eigenvalue weighted by atomic mass is 32.2. The van der Waals surface area contributed by atoms with Gasteiger partial charge in [0.25, 0.3) is 0 Å². The molecule has 0 bridgehead atoms. The summed E-state index contributed by atoms with van der Waals surface area (Å²) in [6.07, 6.45) is 7.08. The SMILES string of the molecule is CCCCC1(CCCC)CN(c2ccccc2)c2cc(SC)c(OCC(O)C(=O)OC)cc2S(=O)C1. The summed E-state index contributed by atoms with van der Waals surface area (Å²) < 4.78 is 24.4. The fourth-order valence-electron chi connectivity index (χ4n) is 4.76. The van der Waals surface area contributed by atoms with Crippen molar-refractivity contribution in [3.8, 4) is 5.75 Å². The number of hydrogen-bond donors (Lipinski definition) is 1. The Morgan fingerprint density at radius 2 is 1.83 bits per heavy atom. The smallest absolute Gasteiger partial charge is 0.338 e. The van der Waals surface area contributed by atoms with Crippen molar-refractivity contribution in [1.82, 2.24) is 0 Å². The van der Waals surface area contributed by atoms with E-state index in [1.54, 1.807) is 0 Å². The third-order valence-corrected chi connectivity index (χ3v) is 9.22. The monoisotopic (exact) mass is 533 g/mol. The number of rotatable bonds is 12. The van der Waals surface area contributed by atoms with Crippen LogP contribution in [-0.4, -0.2) is 53.7 Å². The highest BCUT2D eigenvalue weighted by Gasteiger charge is 2.39. The molecule has 0 fully saturated rings. The molecular weight excluding hydrogens is 494 g/mol. The Morgan fingerprint density at radius 3 is 2.42 bits per heavy atom. The van der Waals surface area contributed by atoms with Crippen LogP contribution in [0.1, 0.15) is 52.4 Å². The van der Waals surface area contributed by atoms with E-state index < -0.39 is 22.9 Å². The maximum atomic E-state index is 14.0. The van der Waals surface area contributed by atoms with Gasteiger partial charge < -0.3 is 19.5 Å². The van der Waals surface area contributed by atoms with Crippen LogP contribution in [0.3, 0.4) is 0 Å². The standard InChI is InChI=1S/C28H39NO5S2/c1-5-7-14-28(15-8-6-2)19-29(21-12-10-9-11-13-21)22-16-25(35-4)24(17-26(22)36(32)20-28)34-18-23(30)27(31)33-3/h9-13,16-17,23,30H,5-8,14-15,18-20H2,1-4H3. The van der Waals surface area contributed by atoms with Crippen LogP contribution in [0.15, 0.2) is 52.3 Å². The molecule has 0 aromatic heterocycles. The van der Waals surface area contributed by atoms with Crippen molar-refractivity contribution in [2.24, 2.45) is 5.41 Å². The largest absolute Gasteiger partial charge is 0.489 e. The minimum atomic E-state index is -1.38. The molecular formula is C28H39NO5S2. The van der Waals surface area contributed by atoms with Gasteiger partial charge in [0.15, 0.2) is 6.10 Å². The first-order valence-corrected chi connectivity index (χ1v) is 15.2. The first-order valence-electron chi connectivity index (χ1n) is 12.7. The molecule has 3 rings (SSSR count). The first-order chi connectivity index (χ1) is 17.4. The summed E-state index contributed by atoms with van der Waals surface area (Å²) in [6, 6.07) is 14.2. The van der Waals surface area contributed by atoms with Crippen molar-refractivity contribution in [1.29, 1.82) is 0 Å². The van der Waals surface area contributed by atoms with Gasteiger partial charge in [-0.15, -0.1) is 11.8 Å². The second kappa shape index (κ2) is 13.5. The second-order valence-corrected chi connectivity index (χ2v) is 11.7. The quantitative estimate of drug-likeness (QED) is 0.267. The number of methoxy groups -OCH3 is 1. The number of thioether (sulfide) groups is 1.